The molecular formula is C9H14N4O. The fraction of sp³-hybridized carbons (Fsp3) is 0.667. The van der Waals surface area contributed by atoms with E-state index < -0.39 is 0 Å². The van der Waals surface area contributed by atoms with Gasteiger partial charge in [-0.3, -0.25) is 4.79 Å². The molecule has 0 saturated heterocycles. The molecule has 5 heteroatoms. The first-order chi connectivity index (χ1) is 6.69. The zero-order valence-corrected chi connectivity index (χ0v) is 8.45. The van der Waals surface area contributed by atoms with Crippen molar-refractivity contribution in [3.63, 3.8) is 0 Å². The Morgan fingerprint density at radius 1 is 1.64 bits per heavy atom. The summed E-state index contributed by atoms with van der Waals surface area (Å²) in [5, 5.41) is 10.6. The highest BCUT2D eigenvalue weighted by Crippen LogP contribution is 2.33. The van der Waals surface area contributed by atoms with E-state index >= 15 is 0 Å². The van der Waals surface area contributed by atoms with Gasteiger partial charge < -0.3 is 9.88 Å². The highest BCUT2D eigenvalue weighted by molar-refractivity contribution is 6.01. The van der Waals surface area contributed by atoms with Crippen molar-refractivity contribution < 1.29 is 4.79 Å². The molecule has 1 fully saturated rings. The number of aromatic nitrogens is 3. The van der Waals surface area contributed by atoms with Gasteiger partial charge in [0.25, 0.3) is 0 Å². The molecule has 0 radical (unpaired) electrons. The van der Waals surface area contributed by atoms with Crippen LogP contribution in [0.5, 0.6) is 0 Å². The summed E-state index contributed by atoms with van der Waals surface area (Å²) in [4.78, 5) is 12.1. The van der Waals surface area contributed by atoms with Crippen molar-refractivity contribution >= 4 is 5.78 Å². The molecule has 0 spiro atoms. The van der Waals surface area contributed by atoms with E-state index in [0.717, 1.165) is 19.3 Å². The van der Waals surface area contributed by atoms with Crippen LogP contribution in [0.3, 0.4) is 0 Å². The molecule has 0 aromatic carbocycles. The Labute approximate surface area is 82.5 Å². The number of nitrogens with zero attached hydrogens (tertiary/aromatic N) is 3. The van der Waals surface area contributed by atoms with E-state index in [1.165, 1.54) is 0 Å². The number of Topliss-reactive ketones (excluding diaryl/α,β-unsaturated/α-hetero) is 1. The first-order valence-electron chi connectivity index (χ1n) is 4.77. The molecule has 1 heterocycles. The number of hydrogen-bond donors (Lipinski definition) is 1. The fourth-order valence-electron chi connectivity index (χ4n) is 1.82. The van der Waals surface area contributed by atoms with E-state index in [4.69, 9.17) is 0 Å². The van der Waals surface area contributed by atoms with E-state index in [9.17, 15) is 4.79 Å². The van der Waals surface area contributed by atoms with Crippen LogP contribution in [0.25, 0.3) is 0 Å². The molecular weight excluding hydrogens is 180 g/mol. The lowest BCUT2D eigenvalue weighted by molar-refractivity contribution is 0.0730. The average Bonchev–Trinajstić information content (AvgIpc) is 2.50. The number of carbonyl (C=O) groups is 1. The minimum absolute atomic E-state index is 0.0613. The Balaban J connectivity index is 2.27. The summed E-state index contributed by atoms with van der Waals surface area (Å²) in [7, 11) is 3.61. The second-order valence-electron chi connectivity index (χ2n) is 3.78. The first kappa shape index (κ1) is 9.33. The van der Waals surface area contributed by atoms with Crippen molar-refractivity contribution in [3.8, 4) is 0 Å². The van der Waals surface area contributed by atoms with Crippen LogP contribution in [0.1, 0.15) is 29.9 Å². The molecule has 0 bridgehead atoms. The third kappa shape index (κ3) is 1.16. The molecule has 0 aliphatic heterocycles. The smallest absolute Gasteiger partial charge is 0.220 e. The van der Waals surface area contributed by atoms with E-state index in [1.807, 2.05) is 7.05 Å². The summed E-state index contributed by atoms with van der Waals surface area (Å²) in [6, 6.07) is 0. The number of ketones is 1. The predicted octanol–water partition coefficient (Wildman–Crippen LogP) is 0.140. The van der Waals surface area contributed by atoms with E-state index in [0.29, 0.717) is 5.82 Å². The molecule has 1 aliphatic carbocycles. The van der Waals surface area contributed by atoms with Crippen LogP contribution < -0.4 is 5.32 Å². The van der Waals surface area contributed by atoms with Gasteiger partial charge in [0.2, 0.25) is 11.6 Å². The highest BCUT2D eigenvalue weighted by Gasteiger charge is 2.44. The third-order valence-corrected chi connectivity index (χ3v) is 3.03. The Kier molecular flexibility index (Phi) is 2.11. The minimum atomic E-state index is -0.374. The number of likely N-dealkylation sites (N-methyl/N-ethyl adjacent to an activating group) is 1. The number of aryl methyl sites for hydroxylation is 1. The Bertz CT molecular complexity index is 348. The van der Waals surface area contributed by atoms with Crippen molar-refractivity contribution in [3.05, 3.63) is 12.2 Å². The molecule has 1 aromatic heterocycles. The van der Waals surface area contributed by atoms with Crippen LogP contribution in [-0.4, -0.2) is 33.1 Å². The van der Waals surface area contributed by atoms with Gasteiger partial charge in [0, 0.05) is 7.05 Å². The molecule has 1 N–H and O–H groups in total. The van der Waals surface area contributed by atoms with Gasteiger partial charge in [-0.2, -0.15) is 0 Å². The van der Waals surface area contributed by atoms with Crippen LogP contribution in [0.2, 0.25) is 0 Å². The van der Waals surface area contributed by atoms with Crippen molar-refractivity contribution in [2.75, 3.05) is 7.05 Å². The van der Waals surface area contributed by atoms with E-state index in [-0.39, 0.29) is 11.3 Å². The maximum atomic E-state index is 12.1. The van der Waals surface area contributed by atoms with E-state index in [2.05, 4.69) is 15.5 Å². The molecule has 1 saturated carbocycles. The lowest BCUT2D eigenvalue weighted by Crippen LogP contribution is -2.56. The minimum Gasteiger partial charge on any atom is -0.314 e. The van der Waals surface area contributed by atoms with Gasteiger partial charge in [0.15, 0.2) is 0 Å². The predicted molar refractivity (Wildman–Crippen MR) is 51.0 cm³/mol. The van der Waals surface area contributed by atoms with Gasteiger partial charge in [-0.25, -0.2) is 0 Å². The van der Waals surface area contributed by atoms with Crippen LogP contribution in [-0.2, 0) is 7.05 Å². The molecule has 0 amide bonds. The quantitative estimate of drug-likeness (QED) is 0.695. The molecule has 14 heavy (non-hydrogen) atoms. The second-order valence-corrected chi connectivity index (χ2v) is 3.78. The van der Waals surface area contributed by atoms with Gasteiger partial charge >= 0.3 is 0 Å². The Hall–Kier alpha value is -1.23. The fourth-order valence-corrected chi connectivity index (χ4v) is 1.82. The summed E-state index contributed by atoms with van der Waals surface area (Å²) < 4.78 is 1.67. The SMILES string of the molecule is CNC1(C(=O)c2nncn2C)CCC1. The van der Waals surface area contributed by atoms with Gasteiger partial charge in [0.1, 0.15) is 6.33 Å². The zero-order valence-electron chi connectivity index (χ0n) is 8.45. The van der Waals surface area contributed by atoms with Crippen LogP contribution in [0, 0.1) is 0 Å². The molecule has 76 valence electrons. The summed E-state index contributed by atoms with van der Waals surface area (Å²) in [5.41, 5.74) is -0.374. The van der Waals surface area contributed by atoms with Crippen LogP contribution in [0.4, 0.5) is 0 Å². The van der Waals surface area contributed by atoms with Crippen molar-refractivity contribution in [2.45, 2.75) is 24.8 Å². The largest absolute Gasteiger partial charge is 0.314 e. The molecule has 5 nitrogen and oxygen atoms in total. The summed E-state index contributed by atoms with van der Waals surface area (Å²) in [6.45, 7) is 0. The van der Waals surface area contributed by atoms with Crippen LogP contribution in [0.15, 0.2) is 6.33 Å². The zero-order chi connectivity index (χ0) is 10.2. The highest BCUT2D eigenvalue weighted by atomic mass is 16.1. The molecule has 0 unspecified atom stereocenters. The summed E-state index contributed by atoms with van der Waals surface area (Å²) >= 11 is 0. The van der Waals surface area contributed by atoms with Crippen molar-refractivity contribution in [2.24, 2.45) is 7.05 Å². The average molecular weight is 194 g/mol. The van der Waals surface area contributed by atoms with Gasteiger partial charge in [0.05, 0.1) is 5.54 Å². The lowest BCUT2D eigenvalue weighted by atomic mass is 9.73. The normalized spacial score (nSPS) is 19.0. The monoisotopic (exact) mass is 194 g/mol. The number of rotatable bonds is 3. The lowest BCUT2D eigenvalue weighted by Gasteiger charge is -2.39. The third-order valence-electron chi connectivity index (χ3n) is 3.03. The van der Waals surface area contributed by atoms with Gasteiger partial charge in [-0.15, -0.1) is 10.2 Å². The summed E-state index contributed by atoms with van der Waals surface area (Å²) in [5.74, 6) is 0.505. The van der Waals surface area contributed by atoms with Crippen molar-refractivity contribution in [1.82, 2.24) is 20.1 Å². The second kappa shape index (κ2) is 3.16. The van der Waals surface area contributed by atoms with Crippen molar-refractivity contribution in [1.29, 1.82) is 0 Å². The molecule has 1 aliphatic rings. The topological polar surface area (TPSA) is 59.8 Å². The molecule has 0 atom stereocenters. The standard InChI is InChI=1S/C9H14N4O/c1-10-9(4-3-5-9)7(14)8-12-11-6-13(8)2/h6,10H,3-5H2,1-2H3. The van der Waals surface area contributed by atoms with E-state index in [1.54, 1.807) is 17.9 Å². The molecule has 2 rings (SSSR count). The number of hydrogen-bond acceptors (Lipinski definition) is 4. The van der Waals surface area contributed by atoms with Crippen LogP contribution >= 0.6 is 0 Å². The summed E-state index contributed by atoms with van der Waals surface area (Å²) in [6.07, 6.45) is 4.45. The number of nitrogens with one attached hydrogen (secondary N) is 1. The maximum Gasteiger partial charge on any atom is 0.220 e. The first-order valence-corrected chi connectivity index (χ1v) is 4.77. The Morgan fingerprint density at radius 2 is 2.36 bits per heavy atom. The van der Waals surface area contributed by atoms with Gasteiger partial charge in [-0.05, 0) is 26.3 Å². The maximum absolute atomic E-state index is 12.1. The Morgan fingerprint density at radius 3 is 2.71 bits per heavy atom. The number of carbonyl (C=O) groups excluding carboxylic acids is 1. The molecule has 1 aromatic rings. The van der Waals surface area contributed by atoms with Gasteiger partial charge in [-0.1, -0.05) is 0 Å².